The van der Waals surface area contributed by atoms with E-state index in [4.69, 9.17) is 0 Å². The molecule has 0 N–H and O–H groups in total. The standard InChI is InChI=1S/C10H16O/c1-2-7-3-9-4-8(7)5-10(9)6-11/h6-10H,2-5H2,1H3. The van der Waals surface area contributed by atoms with Crippen molar-refractivity contribution in [1.82, 2.24) is 0 Å². The maximum atomic E-state index is 10.6. The molecule has 0 aromatic carbocycles. The summed E-state index contributed by atoms with van der Waals surface area (Å²) in [5, 5.41) is 0. The van der Waals surface area contributed by atoms with Gasteiger partial charge in [-0.15, -0.1) is 0 Å². The van der Waals surface area contributed by atoms with E-state index in [9.17, 15) is 4.79 Å². The minimum atomic E-state index is 0.433. The van der Waals surface area contributed by atoms with Gasteiger partial charge in [0.15, 0.2) is 0 Å². The van der Waals surface area contributed by atoms with Crippen LogP contribution in [-0.4, -0.2) is 6.29 Å². The van der Waals surface area contributed by atoms with Crippen molar-refractivity contribution in [2.75, 3.05) is 0 Å². The molecule has 2 rings (SSSR count). The van der Waals surface area contributed by atoms with Gasteiger partial charge in [-0.3, -0.25) is 0 Å². The van der Waals surface area contributed by atoms with Crippen LogP contribution in [-0.2, 0) is 4.79 Å². The van der Waals surface area contributed by atoms with Crippen molar-refractivity contribution in [3.63, 3.8) is 0 Å². The summed E-state index contributed by atoms with van der Waals surface area (Å²) in [7, 11) is 0. The molecule has 2 bridgehead atoms. The second-order valence-corrected chi connectivity index (χ2v) is 4.20. The van der Waals surface area contributed by atoms with Crippen molar-refractivity contribution in [3.05, 3.63) is 0 Å². The first-order valence-corrected chi connectivity index (χ1v) is 4.80. The van der Waals surface area contributed by atoms with Crippen LogP contribution in [0.4, 0.5) is 0 Å². The predicted molar refractivity (Wildman–Crippen MR) is 44.2 cm³/mol. The molecule has 0 aliphatic heterocycles. The van der Waals surface area contributed by atoms with Gasteiger partial charge >= 0.3 is 0 Å². The van der Waals surface area contributed by atoms with Crippen LogP contribution in [0.1, 0.15) is 32.6 Å². The van der Waals surface area contributed by atoms with E-state index in [0.717, 1.165) is 17.8 Å². The topological polar surface area (TPSA) is 17.1 Å². The van der Waals surface area contributed by atoms with E-state index in [0.29, 0.717) is 5.92 Å². The van der Waals surface area contributed by atoms with E-state index in [1.165, 1.54) is 32.0 Å². The van der Waals surface area contributed by atoms with Gasteiger partial charge in [0.25, 0.3) is 0 Å². The molecule has 1 nitrogen and oxygen atoms in total. The zero-order chi connectivity index (χ0) is 7.84. The van der Waals surface area contributed by atoms with Gasteiger partial charge in [0.1, 0.15) is 6.29 Å². The van der Waals surface area contributed by atoms with Gasteiger partial charge < -0.3 is 4.79 Å². The Kier molecular flexibility index (Phi) is 1.74. The van der Waals surface area contributed by atoms with E-state index in [-0.39, 0.29) is 0 Å². The van der Waals surface area contributed by atoms with Crippen molar-refractivity contribution in [2.24, 2.45) is 23.7 Å². The Morgan fingerprint density at radius 1 is 1.27 bits per heavy atom. The first kappa shape index (κ1) is 7.33. The molecular weight excluding hydrogens is 136 g/mol. The van der Waals surface area contributed by atoms with Gasteiger partial charge in [-0.25, -0.2) is 0 Å². The van der Waals surface area contributed by atoms with E-state index in [2.05, 4.69) is 6.92 Å². The van der Waals surface area contributed by atoms with Crippen LogP contribution in [0.2, 0.25) is 0 Å². The lowest BCUT2D eigenvalue weighted by atomic mass is 9.82. The van der Waals surface area contributed by atoms with Crippen molar-refractivity contribution < 1.29 is 4.79 Å². The van der Waals surface area contributed by atoms with E-state index in [1.54, 1.807) is 0 Å². The quantitative estimate of drug-likeness (QED) is 0.555. The molecule has 0 radical (unpaired) electrons. The third-order valence-corrected chi connectivity index (χ3v) is 3.76. The maximum Gasteiger partial charge on any atom is 0.123 e. The van der Waals surface area contributed by atoms with Crippen LogP contribution in [0.15, 0.2) is 0 Å². The van der Waals surface area contributed by atoms with Gasteiger partial charge in [-0.2, -0.15) is 0 Å². The molecule has 0 aromatic rings. The molecule has 4 unspecified atom stereocenters. The van der Waals surface area contributed by atoms with Gasteiger partial charge in [0.2, 0.25) is 0 Å². The molecule has 62 valence electrons. The molecule has 0 heterocycles. The zero-order valence-corrected chi connectivity index (χ0v) is 7.12. The number of aldehydes is 1. The first-order chi connectivity index (χ1) is 5.35. The van der Waals surface area contributed by atoms with Crippen LogP contribution in [0.25, 0.3) is 0 Å². The molecule has 2 aliphatic rings. The molecule has 1 heteroatoms. The van der Waals surface area contributed by atoms with Crippen molar-refractivity contribution >= 4 is 6.29 Å². The third kappa shape index (κ3) is 1.02. The lowest BCUT2D eigenvalue weighted by Crippen LogP contribution is -2.17. The van der Waals surface area contributed by atoms with Crippen LogP contribution in [0.3, 0.4) is 0 Å². The molecule has 4 atom stereocenters. The number of fused-ring (bicyclic) bond motifs is 2. The highest BCUT2D eigenvalue weighted by atomic mass is 16.1. The molecule has 0 saturated heterocycles. The van der Waals surface area contributed by atoms with Crippen LogP contribution in [0.5, 0.6) is 0 Å². The Morgan fingerprint density at radius 3 is 2.55 bits per heavy atom. The summed E-state index contributed by atoms with van der Waals surface area (Å²) in [5.74, 6) is 3.06. The summed E-state index contributed by atoms with van der Waals surface area (Å²) < 4.78 is 0. The molecule has 11 heavy (non-hydrogen) atoms. The van der Waals surface area contributed by atoms with Gasteiger partial charge in [0, 0.05) is 5.92 Å². The summed E-state index contributed by atoms with van der Waals surface area (Å²) in [6, 6.07) is 0. The van der Waals surface area contributed by atoms with Gasteiger partial charge in [0.05, 0.1) is 0 Å². The number of hydrogen-bond acceptors (Lipinski definition) is 1. The summed E-state index contributed by atoms with van der Waals surface area (Å²) in [6.07, 6.45) is 6.41. The number of carbonyl (C=O) groups excluding carboxylic acids is 1. The summed E-state index contributed by atoms with van der Waals surface area (Å²) in [4.78, 5) is 10.6. The van der Waals surface area contributed by atoms with E-state index >= 15 is 0 Å². The molecule has 0 aromatic heterocycles. The molecule has 0 amide bonds. The van der Waals surface area contributed by atoms with Crippen molar-refractivity contribution in [3.8, 4) is 0 Å². The van der Waals surface area contributed by atoms with Crippen LogP contribution < -0.4 is 0 Å². The molecule has 2 fully saturated rings. The maximum absolute atomic E-state index is 10.6. The highest BCUT2D eigenvalue weighted by Crippen LogP contribution is 2.51. The highest BCUT2D eigenvalue weighted by molar-refractivity contribution is 5.55. The van der Waals surface area contributed by atoms with Crippen LogP contribution in [0, 0.1) is 23.7 Å². The summed E-state index contributed by atoms with van der Waals surface area (Å²) in [6.45, 7) is 2.28. The minimum Gasteiger partial charge on any atom is -0.303 e. The monoisotopic (exact) mass is 152 g/mol. The summed E-state index contributed by atoms with van der Waals surface area (Å²) >= 11 is 0. The Bertz CT molecular complexity index is 164. The largest absolute Gasteiger partial charge is 0.303 e. The minimum absolute atomic E-state index is 0.433. The fourth-order valence-corrected chi connectivity index (χ4v) is 3.11. The van der Waals surface area contributed by atoms with Gasteiger partial charge in [-0.1, -0.05) is 13.3 Å². The zero-order valence-electron chi connectivity index (χ0n) is 7.12. The first-order valence-electron chi connectivity index (χ1n) is 4.80. The highest BCUT2D eigenvalue weighted by Gasteiger charge is 2.44. The van der Waals surface area contributed by atoms with E-state index in [1.807, 2.05) is 0 Å². The Hall–Kier alpha value is -0.330. The van der Waals surface area contributed by atoms with Crippen molar-refractivity contribution in [1.29, 1.82) is 0 Å². The average Bonchev–Trinajstić information content (AvgIpc) is 2.60. The number of rotatable bonds is 2. The second kappa shape index (κ2) is 2.62. The second-order valence-electron chi connectivity index (χ2n) is 4.20. The molecule has 2 saturated carbocycles. The Labute approximate surface area is 68.2 Å². The predicted octanol–water partition coefficient (Wildman–Crippen LogP) is 2.26. The SMILES string of the molecule is CCC1CC2CC1CC2C=O. The fourth-order valence-electron chi connectivity index (χ4n) is 3.11. The molecular formula is C10H16O. The average molecular weight is 152 g/mol. The van der Waals surface area contributed by atoms with Crippen molar-refractivity contribution in [2.45, 2.75) is 32.6 Å². The number of hydrogen-bond donors (Lipinski definition) is 0. The molecule has 2 aliphatic carbocycles. The third-order valence-electron chi connectivity index (χ3n) is 3.76. The molecule has 0 spiro atoms. The normalized spacial score (nSPS) is 48.1. The lowest BCUT2D eigenvalue weighted by molar-refractivity contribution is -0.112. The fraction of sp³-hybridized carbons (Fsp3) is 0.900. The van der Waals surface area contributed by atoms with Gasteiger partial charge in [-0.05, 0) is 37.0 Å². The smallest absolute Gasteiger partial charge is 0.123 e. The lowest BCUT2D eigenvalue weighted by Gasteiger charge is -2.23. The number of carbonyl (C=O) groups is 1. The summed E-state index contributed by atoms with van der Waals surface area (Å²) in [5.41, 5.74) is 0. The Morgan fingerprint density at radius 2 is 2.09 bits per heavy atom. The Balaban J connectivity index is 2.02. The van der Waals surface area contributed by atoms with Crippen LogP contribution >= 0.6 is 0 Å². The van der Waals surface area contributed by atoms with E-state index < -0.39 is 0 Å².